The van der Waals surface area contributed by atoms with Crippen LogP contribution in [0.4, 0.5) is 0 Å². The second-order valence-corrected chi connectivity index (χ2v) is 6.34. The Bertz CT molecular complexity index is 388. The van der Waals surface area contributed by atoms with Crippen LogP contribution in [0, 0.1) is 6.92 Å². The van der Waals surface area contributed by atoms with E-state index in [2.05, 4.69) is 62.4 Å². The zero-order valence-corrected chi connectivity index (χ0v) is 12.9. The largest absolute Gasteiger partial charge is 0.308 e. The van der Waals surface area contributed by atoms with Crippen molar-refractivity contribution in [1.82, 2.24) is 10.2 Å². The predicted molar refractivity (Wildman–Crippen MR) is 82.5 cm³/mol. The normalized spacial score (nSPS) is 19.8. The molecule has 1 aromatic carbocycles. The summed E-state index contributed by atoms with van der Waals surface area (Å²) < 4.78 is 0. The number of nitrogens with zero attached hydrogens (tertiary/aromatic N) is 1. The minimum absolute atomic E-state index is 0.374. The molecule has 1 aliphatic rings. The monoisotopic (exact) mass is 260 g/mol. The molecule has 1 N–H and O–H groups in total. The van der Waals surface area contributed by atoms with Crippen LogP contribution in [0.15, 0.2) is 24.3 Å². The smallest absolute Gasteiger partial charge is 0.0328 e. The van der Waals surface area contributed by atoms with E-state index in [1.807, 2.05) is 0 Å². The number of likely N-dealkylation sites (N-methyl/N-ethyl adjacent to an activating group) is 1. The summed E-state index contributed by atoms with van der Waals surface area (Å²) in [7, 11) is 4.45. The molecule has 1 aromatic rings. The van der Waals surface area contributed by atoms with Gasteiger partial charge in [0.25, 0.3) is 0 Å². The highest BCUT2D eigenvalue weighted by molar-refractivity contribution is 5.23. The maximum atomic E-state index is 3.74. The van der Waals surface area contributed by atoms with Crippen molar-refractivity contribution < 1.29 is 0 Å². The summed E-state index contributed by atoms with van der Waals surface area (Å²) in [5.41, 5.74) is 3.09. The fourth-order valence-corrected chi connectivity index (χ4v) is 3.13. The fourth-order valence-electron chi connectivity index (χ4n) is 3.13. The van der Waals surface area contributed by atoms with Gasteiger partial charge in [0.1, 0.15) is 0 Å². The lowest BCUT2D eigenvalue weighted by Gasteiger charge is -2.37. The van der Waals surface area contributed by atoms with Gasteiger partial charge in [-0.3, -0.25) is 0 Å². The molecular weight excluding hydrogens is 232 g/mol. The van der Waals surface area contributed by atoms with Gasteiger partial charge in [-0.1, -0.05) is 42.7 Å². The molecular formula is C17H28N2. The molecule has 1 unspecified atom stereocenters. The first-order valence-electron chi connectivity index (χ1n) is 7.51. The van der Waals surface area contributed by atoms with E-state index in [1.54, 1.807) is 0 Å². The van der Waals surface area contributed by atoms with Gasteiger partial charge in [0, 0.05) is 18.1 Å². The van der Waals surface area contributed by atoms with Gasteiger partial charge in [-0.05, 0) is 46.3 Å². The van der Waals surface area contributed by atoms with E-state index in [4.69, 9.17) is 0 Å². The van der Waals surface area contributed by atoms with Gasteiger partial charge in [0.15, 0.2) is 0 Å². The second kappa shape index (κ2) is 6.06. The van der Waals surface area contributed by atoms with Gasteiger partial charge < -0.3 is 10.2 Å². The third-order valence-corrected chi connectivity index (χ3v) is 4.80. The number of hydrogen-bond acceptors (Lipinski definition) is 2. The first-order chi connectivity index (χ1) is 9.03. The zero-order valence-electron chi connectivity index (χ0n) is 12.9. The molecule has 106 valence electrons. The van der Waals surface area contributed by atoms with Crippen LogP contribution in [0.1, 0.15) is 49.8 Å². The Morgan fingerprint density at radius 1 is 1.16 bits per heavy atom. The Balaban J connectivity index is 1.95. The molecule has 2 heteroatoms. The Morgan fingerprint density at radius 3 is 2.26 bits per heavy atom. The van der Waals surface area contributed by atoms with Crippen molar-refractivity contribution in [2.45, 2.75) is 51.1 Å². The van der Waals surface area contributed by atoms with Crippen LogP contribution in [0.25, 0.3) is 0 Å². The molecule has 1 fully saturated rings. The average molecular weight is 260 g/mol. The molecule has 0 aromatic heterocycles. The highest BCUT2D eigenvalue weighted by atomic mass is 15.2. The van der Waals surface area contributed by atoms with E-state index in [0.29, 0.717) is 11.6 Å². The van der Waals surface area contributed by atoms with Crippen LogP contribution in [0.2, 0.25) is 0 Å². The highest BCUT2D eigenvalue weighted by Gasteiger charge is 2.35. The zero-order chi connectivity index (χ0) is 13.9. The lowest BCUT2D eigenvalue weighted by Crippen LogP contribution is -2.50. The van der Waals surface area contributed by atoms with E-state index in [1.165, 1.54) is 36.8 Å². The summed E-state index contributed by atoms with van der Waals surface area (Å²) in [6, 6.07) is 9.31. The molecule has 0 spiro atoms. The molecule has 2 nitrogen and oxygen atoms in total. The number of hydrogen-bond donors (Lipinski definition) is 1. The molecule has 1 aliphatic carbocycles. The van der Waals surface area contributed by atoms with Crippen LogP contribution >= 0.6 is 0 Å². The molecule has 1 saturated carbocycles. The van der Waals surface area contributed by atoms with Gasteiger partial charge >= 0.3 is 0 Å². The summed E-state index contributed by atoms with van der Waals surface area (Å²) in [4.78, 5) is 2.43. The van der Waals surface area contributed by atoms with Crippen molar-refractivity contribution in [1.29, 1.82) is 0 Å². The minimum atomic E-state index is 0.374. The van der Waals surface area contributed by atoms with Crippen molar-refractivity contribution in [3.05, 3.63) is 35.4 Å². The standard InChI is InChI=1S/C17H28N2/c1-14-7-9-16(10-8-14)15(2)18-13-17(19(3)4)11-5-6-12-17/h7-10,15,18H,5-6,11-13H2,1-4H3. The maximum absolute atomic E-state index is 3.74. The van der Waals surface area contributed by atoms with Crippen LogP contribution in [-0.4, -0.2) is 31.1 Å². The quantitative estimate of drug-likeness (QED) is 0.871. The lowest BCUT2D eigenvalue weighted by atomic mass is 9.95. The van der Waals surface area contributed by atoms with Crippen molar-refractivity contribution in [3.63, 3.8) is 0 Å². The molecule has 0 aliphatic heterocycles. The summed E-state index contributed by atoms with van der Waals surface area (Å²) in [6.45, 7) is 5.50. The molecule has 0 saturated heterocycles. The third-order valence-electron chi connectivity index (χ3n) is 4.80. The summed E-state index contributed by atoms with van der Waals surface area (Å²) >= 11 is 0. The lowest BCUT2D eigenvalue weighted by molar-refractivity contribution is 0.150. The SMILES string of the molecule is Cc1ccc(C(C)NCC2(N(C)C)CCCC2)cc1. The van der Waals surface area contributed by atoms with Crippen LogP contribution in [0.3, 0.4) is 0 Å². The van der Waals surface area contributed by atoms with E-state index >= 15 is 0 Å². The summed E-state index contributed by atoms with van der Waals surface area (Å²) in [5, 5.41) is 3.74. The molecule has 0 heterocycles. The number of rotatable bonds is 5. The average Bonchev–Trinajstić information content (AvgIpc) is 2.87. The number of aryl methyl sites for hydroxylation is 1. The van der Waals surface area contributed by atoms with Gasteiger partial charge in [-0.15, -0.1) is 0 Å². The Kier molecular flexibility index (Phi) is 4.64. The van der Waals surface area contributed by atoms with Crippen LogP contribution < -0.4 is 5.32 Å². The first kappa shape index (κ1) is 14.5. The van der Waals surface area contributed by atoms with E-state index in [0.717, 1.165) is 6.54 Å². The predicted octanol–water partition coefficient (Wildman–Crippen LogP) is 3.52. The molecule has 19 heavy (non-hydrogen) atoms. The Hall–Kier alpha value is -0.860. The van der Waals surface area contributed by atoms with Gasteiger partial charge in [0.2, 0.25) is 0 Å². The Morgan fingerprint density at radius 2 is 1.74 bits per heavy atom. The molecule has 0 amide bonds. The summed E-state index contributed by atoms with van der Waals surface area (Å²) in [5.74, 6) is 0. The van der Waals surface area contributed by atoms with Crippen molar-refractivity contribution in [3.8, 4) is 0 Å². The molecule has 2 rings (SSSR count). The topological polar surface area (TPSA) is 15.3 Å². The second-order valence-electron chi connectivity index (χ2n) is 6.34. The summed E-state index contributed by atoms with van der Waals surface area (Å²) in [6.07, 6.45) is 5.40. The third kappa shape index (κ3) is 3.37. The van der Waals surface area contributed by atoms with Crippen molar-refractivity contribution >= 4 is 0 Å². The maximum Gasteiger partial charge on any atom is 0.0328 e. The van der Waals surface area contributed by atoms with E-state index in [-0.39, 0.29) is 0 Å². The minimum Gasteiger partial charge on any atom is -0.308 e. The number of nitrogens with one attached hydrogen (secondary N) is 1. The highest BCUT2D eigenvalue weighted by Crippen LogP contribution is 2.33. The molecule has 0 bridgehead atoms. The van der Waals surface area contributed by atoms with Crippen LogP contribution in [-0.2, 0) is 0 Å². The van der Waals surface area contributed by atoms with Gasteiger partial charge in [0.05, 0.1) is 0 Å². The van der Waals surface area contributed by atoms with Crippen LogP contribution in [0.5, 0.6) is 0 Å². The fraction of sp³-hybridized carbons (Fsp3) is 0.647. The molecule has 1 atom stereocenters. The van der Waals surface area contributed by atoms with E-state index < -0.39 is 0 Å². The van der Waals surface area contributed by atoms with Gasteiger partial charge in [-0.25, -0.2) is 0 Å². The number of benzene rings is 1. The van der Waals surface area contributed by atoms with Gasteiger partial charge in [-0.2, -0.15) is 0 Å². The van der Waals surface area contributed by atoms with Crippen molar-refractivity contribution in [2.75, 3.05) is 20.6 Å². The first-order valence-corrected chi connectivity index (χ1v) is 7.51. The molecule has 0 radical (unpaired) electrons. The Labute approximate surface area is 118 Å². The van der Waals surface area contributed by atoms with Crippen molar-refractivity contribution in [2.24, 2.45) is 0 Å². The van der Waals surface area contributed by atoms with E-state index in [9.17, 15) is 0 Å².